The fourth-order valence-electron chi connectivity index (χ4n) is 3.37. The number of nitrogens with zero attached hydrogens (tertiary/aromatic N) is 1. The first-order valence-electron chi connectivity index (χ1n) is 9.36. The number of hydrogen-bond acceptors (Lipinski definition) is 4. The molecule has 0 fully saturated rings. The number of rotatable bonds is 5. The van der Waals surface area contributed by atoms with E-state index in [4.69, 9.17) is 4.74 Å². The first kappa shape index (κ1) is 20.2. The van der Waals surface area contributed by atoms with Crippen LogP contribution in [-0.4, -0.2) is 32.7 Å². The number of sulfonamides is 1. The minimum absolute atomic E-state index is 0.0431. The van der Waals surface area contributed by atoms with E-state index in [1.165, 1.54) is 4.31 Å². The van der Waals surface area contributed by atoms with Gasteiger partial charge >= 0.3 is 0 Å². The number of benzene rings is 2. The zero-order valence-electron chi connectivity index (χ0n) is 16.6. The topological polar surface area (TPSA) is 75.7 Å². The lowest BCUT2D eigenvalue weighted by molar-refractivity contribution is -0.128. The summed E-state index contributed by atoms with van der Waals surface area (Å²) in [5, 5.41) is 2.97. The van der Waals surface area contributed by atoms with Gasteiger partial charge in [0.25, 0.3) is 5.91 Å². The van der Waals surface area contributed by atoms with E-state index < -0.39 is 16.1 Å². The number of carbonyl (C=O) groups excluding carboxylic acids is 1. The van der Waals surface area contributed by atoms with E-state index >= 15 is 0 Å². The molecule has 1 heterocycles. The summed E-state index contributed by atoms with van der Waals surface area (Å²) < 4.78 is 32.2. The van der Waals surface area contributed by atoms with E-state index in [1.807, 2.05) is 39.0 Å². The van der Waals surface area contributed by atoms with Crippen molar-refractivity contribution in [2.24, 2.45) is 0 Å². The Bertz CT molecular complexity index is 988. The van der Waals surface area contributed by atoms with Gasteiger partial charge in [-0.3, -0.25) is 9.10 Å². The number of para-hydroxylation sites is 2. The van der Waals surface area contributed by atoms with Crippen LogP contribution >= 0.6 is 0 Å². The van der Waals surface area contributed by atoms with Crippen LogP contribution in [0, 0.1) is 13.8 Å². The normalized spacial score (nSPS) is 17.4. The van der Waals surface area contributed by atoms with Crippen LogP contribution in [-0.2, 0) is 14.8 Å². The summed E-state index contributed by atoms with van der Waals surface area (Å²) in [4.78, 5) is 12.9. The van der Waals surface area contributed by atoms with Crippen molar-refractivity contribution in [3.05, 3.63) is 59.2 Å². The van der Waals surface area contributed by atoms with Gasteiger partial charge in [0.05, 0.1) is 24.0 Å². The molecule has 2 aromatic rings. The average Bonchev–Trinajstić information content (AvgIpc) is 2.68. The van der Waals surface area contributed by atoms with Crippen LogP contribution in [0.25, 0.3) is 0 Å². The number of ether oxygens (including phenoxy) is 1. The maximum Gasteiger partial charge on any atom is 0.263 e. The zero-order valence-corrected chi connectivity index (χ0v) is 17.4. The molecule has 0 saturated carbocycles. The van der Waals surface area contributed by atoms with E-state index in [1.54, 1.807) is 31.2 Å². The third-order valence-corrected chi connectivity index (χ3v) is 6.73. The van der Waals surface area contributed by atoms with Crippen LogP contribution < -0.4 is 14.4 Å². The Balaban J connectivity index is 1.84. The van der Waals surface area contributed by atoms with Crippen LogP contribution in [0.4, 0.5) is 5.69 Å². The molecule has 0 spiro atoms. The molecular weight excluding hydrogens is 376 g/mol. The Kier molecular flexibility index (Phi) is 5.65. The molecule has 0 aromatic heterocycles. The van der Waals surface area contributed by atoms with Crippen LogP contribution in [0.3, 0.4) is 0 Å². The van der Waals surface area contributed by atoms with Gasteiger partial charge in [-0.15, -0.1) is 0 Å². The highest BCUT2D eigenvalue weighted by molar-refractivity contribution is 7.92. The number of nitrogens with one attached hydrogen (secondary N) is 1. The summed E-state index contributed by atoms with van der Waals surface area (Å²) in [5.74, 6) is 0.0127. The summed E-state index contributed by atoms with van der Waals surface area (Å²) in [7, 11) is -3.52. The molecule has 6 nitrogen and oxygen atoms in total. The first-order valence-corrected chi connectivity index (χ1v) is 11.0. The van der Waals surface area contributed by atoms with Gasteiger partial charge < -0.3 is 10.1 Å². The summed E-state index contributed by atoms with van der Waals surface area (Å²) in [6.07, 6.45) is -0.913. The second-order valence-electron chi connectivity index (χ2n) is 7.10. The SMILES string of the molecule is CCS(=O)(=O)N1C[C@@H](C(=O)N[C@@H](C)c2cc(C)ccc2C)Oc2ccccc21. The van der Waals surface area contributed by atoms with Gasteiger partial charge in [-0.05, 0) is 51.0 Å². The molecule has 0 bridgehead atoms. The Labute approximate surface area is 166 Å². The number of carbonyl (C=O) groups is 1. The second-order valence-corrected chi connectivity index (χ2v) is 9.28. The van der Waals surface area contributed by atoms with Crippen molar-refractivity contribution >= 4 is 21.6 Å². The van der Waals surface area contributed by atoms with Crippen LogP contribution in [0.15, 0.2) is 42.5 Å². The number of anilines is 1. The highest BCUT2D eigenvalue weighted by atomic mass is 32.2. The summed E-state index contributed by atoms with van der Waals surface area (Å²) in [6, 6.07) is 12.8. The van der Waals surface area contributed by atoms with Crippen molar-refractivity contribution in [3.63, 3.8) is 0 Å². The molecule has 2 aromatic carbocycles. The van der Waals surface area contributed by atoms with Gasteiger partial charge in [0.2, 0.25) is 10.0 Å². The molecule has 1 aliphatic rings. The first-order chi connectivity index (χ1) is 13.2. The van der Waals surface area contributed by atoms with E-state index in [2.05, 4.69) is 5.32 Å². The van der Waals surface area contributed by atoms with Crippen molar-refractivity contribution in [1.29, 1.82) is 0 Å². The monoisotopic (exact) mass is 402 g/mol. The van der Waals surface area contributed by atoms with E-state index in [9.17, 15) is 13.2 Å². The summed E-state index contributed by atoms with van der Waals surface area (Å²) in [6.45, 7) is 7.47. The van der Waals surface area contributed by atoms with Crippen molar-refractivity contribution in [2.45, 2.75) is 39.8 Å². The molecule has 0 aliphatic carbocycles. The molecule has 0 unspecified atom stereocenters. The minimum atomic E-state index is -3.52. The van der Waals surface area contributed by atoms with Gasteiger partial charge in [0.1, 0.15) is 5.75 Å². The van der Waals surface area contributed by atoms with Crippen molar-refractivity contribution < 1.29 is 17.9 Å². The molecule has 150 valence electrons. The molecule has 28 heavy (non-hydrogen) atoms. The fourth-order valence-corrected chi connectivity index (χ4v) is 4.49. The zero-order chi connectivity index (χ0) is 20.5. The lowest BCUT2D eigenvalue weighted by Gasteiger charge is -2.35. The van der Waals surface area contributed by atoms with E-state index in [0.717, 1.165) is 16.7 Å². The maximum atomic E-state index is 12.9. The molecule has 0 radical (unpaired) electrons. The number of fused-ring (bicyclic) bond motifs is 1. The van der Waals surface area contributed by atoms with Crippen molar-refractivity contribution in [1.82, 2.24) is 5.32 Å². The predicted molar refractivity (Wildman–Crippen MR) is 110 cm³/mol. The predicted octanol–water partition coefficient (Wildman–Crippen LogP) is 3.10. The molecule has 7 heteroatoms. The lowest BCUT2D eigenvalue weighted by Crippen LogP contribution is -2.51. The van der Waals surface area contributed by atoms with Crippen molar-refractivity contribution in [3.8, 4) is 5.75 Å². The van der Waals surface area contributed by atoms with Crippen LogP contribution in [0.5, 0.6) is 5.75 Å². The quantitative estimate of drug-likeness (QED) is 0.834. The molecule has 2 atom stereocenters. The Morgan fingerprint density at radius 2 is 1.96 bits per heavy atom. The second kappa shape index (κ2) is 7.83. The van der Waals surface area contributed by atoms with Crippen molar-refractivity contribution in [2.75, 3.05) is 16.6 Å². The smallest absolute Gasteiger partial charge is 0.263 e. The standard InChI is InChI=1S/C21H26N2O4S/c1-5-28(25,26)23-13-20(27-19-9-7-6-8-18(19)23)21(24)22-16(4)17-12-14(2)10-11-15(17)3/h6-12,16,20H,5,13H2,1-4H3,(H,22,24)/t16-,20-/m0/s1. The third-order valence-electron chi connectivity index (χ3n) is 4.99. The minimum Gasteiger partial charge on any atom is -0.476 e. The van der Waals surface area contributed by atoms with Gasteiger partial charge in [-0.1, -0.05) is 35.9 Å². The van der Waals surface area contributed by atoms with Crippen LogP contribution in [0.2, 0.25) is 0 Å². The Morgan fingerprint density at radius 1 is 1.25 bits per heavy atom. The highest BCUT2D eigenvalue weighted by Gasteiger charge is 2.36. The number of aryl methyl sites for hydroxylation is 2. The lowest BCUT2D eigenvalue weighted by atomic mass is 10.00. The molecule has 0 saturated heterocycles. The average molecular weight is 403 g/mol. The molecule has 1 N–H and O–H groups in total. The van der Waals surface area contributed by atoms with Gasteiger partial charge in [-0.25, -0.2) is 8.42 Å². The van der Waals surface area contributed by atoms with E-state index in [-0.39, 0.29) is 24.2 Å². The van der Waals surface area contributed by atoms with E-state index in [0.29, 0.717) is 11.4 Å². The molecule has 1 amide bonds. The third kappa shape index (κ3) is 3.99. The number of hydrogen-bond donors (Lipinski definition) is 1. The van der Waals surface area contributed by atoms with Gasteiger partial charge in [0, 0.05) is 0 Å². The Morgan fingerprint density at radius 3 is 2.68 bits per heavy atom. The highest BCUT2D eigenvalue weighted by Crippen LogP contribution is 2.35. The fraction of sp³-hybridized carbons (Fsp3) is 0.381. The molecule has 1 aliphatic heterocycles. The summed E-state index contributed by atoms with van der Waals surface area (Å²) in [5.41, 5.74) is 3.70. The molecular formula is C21H26N2O4S. The summed E-state index contributed by atoms with van der Waals surface area (Å²) >= 11 is 0. The number of amides is 1. The van der Waals surface area contributed by atoms with Crippen LogP contribution in [0.1, 0.15) is 36.6 Å². The maximum absolute atomic E-state index is 12.9. The Hall–Kier alpha value is -2.54. The molecule has 3 rings (SSSR count). The van der Waals surface area contributed by atoms with Gasteiger partial charge in [0.15, 0.2) is 6.10 Å². The van der Waals surface area contributed by atoms with Gasteiger partial charge in [-0.2, -0.15) is 0 Å². The largest absolute Gasteiger partial charge is 0.476 e.